The van der Waals surface area contributed by atoms with Crippen LogP contribution in [-0.2, 0) is 0 Å². The highest BCUT2D eigenvalue weighted by atomic mass is 28.3. The number of rotatable bonds is 5. The summed E-state index contributed by atoms with van der Waals surface area (Å²) in [5.74, 6) is 0. The summed E-state index contributed by atoms with van der Waals surface area (Å²) >= 11 is 0. The monoisotopic (exact) mass is 485 g/mol. The van der Waals surface area contributed by atoms with Gasteiger partial charge in [0.15, 0.2) is 0 Å². The highest BCUT2D eigenvalue weighted by Gasteiger charge is 2.46. The molecule has 0 bridgehead atoms. The molecule has 2 aromatic rings. The highest BCUT2D eigenvalue weighted by molar-refractivity contribution is 6.87. The van der Waals surface area contributed by atoms with Crippen LogP contribution >= 0.6 is 0 Å². The topological polar surface area (TPSA) is 12.0 Å². The molecular formula is C33H47NSi. The molecule has 2 heteroatoms. The Morgan fingerprint density at radius 3 is 1.46 bits per heavy atom. The van der Waals surface area contributed by atoms with Crippen molar-refractivity contribution in [3.05, 3.63) is 83.5 Å². The lowest BCUT2D eigenvalue weighted by molar-refractivity contribution is 0.305. The van der Waals surface area contributed by atoms with Crippen LogP contribution in [0.5, 0.6) is 0 Å². The van der Waals surface area contributed by atoms with E-state index in [9.17, 15) is 0 Å². The van der Waals surface area contributed by atoms with Crippen LogP contribution < -0.4 is 15.7 Å². The zero-order valence-corrected chi connectivity index (χ0v) is 23.9. The fourth-order valence-electron chi connectivity index (χ4n) is 6.83. The van der Waals surface area contributed by atoms with Gasteiger partial charge < -0.3 is 5.32 Å². The maximum Gasteiger partial charge on any atom is 0.124 e. The van der Waals surface area contributed by atoms with Crippen molar-refractivity contribution < 1.29 is 0 Å². The van der Waals surface area contributed by atoms with Crippen LogP contribution in [0.4, 0.5) is 0 Å². The van der Waals surface area contributed by atoms with E-state index in [2.05, 4.69) is 99.8 Å². The van der Waals surface area contributed by atoms with Gasteiger partial charge in [0.1, 0.15) is 8.80 Å². The Kier molecular flexibility index (Phi) is 8.89. The Bertz CT molecular complexity index is 954. The van der Waals surface area contributed by atoms with Crippen molar-refractivity contribution in [1.82, 2.24) is 5.32 Å². The average Bonchev–Trinajstić information content (AvgIpc) is 3.05. The molecule has 1 fully saturated rings. The summed E-state index contributed by atoms with van der Waals surface area (Å²) in [5.41, 5.74) is 4.36. The van der Waals surface area contributed by atoms with E-state index in [0.717, 1.165) is 0 Å². The molecular weight excluding hydrogens is 438 g/mol. The van der Waals surface area contributed by atoms with Gasteiger partial charge in [-0.1, -0.05) is 140 Å². The third-order valence-electron chi connectivity index (χ3n) is 9.01. The molecule has 4 rings (SSSR count). The van der Waals surface area contributed by atoms with Gasteiger partial charge in [0, 0.05) is 5.16 Å². The molecule has 2 aliphatic rings. The van der Waals surface area contributed by atoms with E-state index in [0.29, 0.717) is 0 Å². The molecule has 0 radical (unpaired) electrons. The Morgan fingerprint density at radius 1 is 0.629 bits per heavy atom. The van der Waals surface area contributed by atoms with Gasteiger partial charge in [0.2, 0.25) is 0 Å². The van der Waals surface area contributed by atoms with Crippen LogP contribution in [-0.4, -0.2) is 19.5 Å². The lowest BCUT2D eigenvalue weighted by Crippen LogP contribution is -2.71. The fraction of sp³-hybridized carbons (Fsp3) is 0.515. The SMILES string of the molecule is CC1=CC(C)(NC2([SiH](c3ccccc3)c3ccccc3)CCCCCCCCCCC2)C(C)=C1C. The van der Waals surface area contributed by atoms with Crippen molar-refractivity contribution in [3.63, 3.8) is 0 Å². The zero-order chi connectivity index (χ0) is 24.7. The van der Waals surface area contributed by atoms with Crippen molar-refractivity contribution in [1.29, 1.82) is 0 Å². The minimum atomic E-state index is -1.61. The summed E-state index contributed by atoms with van der Waals surface area (Å²) in [4.78, 5) is 0. The van der Waals surface area contributed by atoms with Crippen LogP contribution in [0.3, 0.4) is 0 Å². The summed E-state index contributed by atoms with van der Waals surface area (Å²) in [5, 5.41) is 7.80. The number of nitrogens with one attached hydrogen (secondary N) is 1. The van der Waals surface area contributed by atoms with E-state index in [1.165, 1.54) is 87.3 Å². The summed E-state index contributed by atoms with van der Waals surface area (Å²) < 4.78 is 0. The van der Waals surface area contributed by atoms with Crippen molar-refractivity contribution in [3.8, 4) is 0 Å². The van der Waals surface area contributed by atoms with Gasteiger partial charge in [0.25, 0.3) is 0 Å². The van der Waals surface area contributed by atoms with Crippen molar-refractivity contribution in [2.75, 3.05) is 0 Å². The van der Waals surface area contributed by atoms with Crippen molar-refractivity contribution >= 4 is 19.2 Å². The summed E-state index contributed by atoms with van der Waals surface area (Å²) in [7, 11) is -1.61. The second-order valence-electron chi connectivity index (χ2n) is 11.5. The third-order valence-corrected chi connectivity index (χ3v) is 12.9. The van der Waals surface area contributed by atoms with Crippen LogP contribution in [0.15, 0.2) is 83.5 Å². The van der Waals surface area contributed by atoms with Gasteiger partial charge in [-0.2, -0.15) is 0 Å². The minimum Gasteiger partial charge on any atom is -0.301 e. The second-order valence-corrected chi connectivity index (χ2v) is 14.8. The predicted octanol–water partition coefficient (Wildman–Crippen LogP) is 7.26. The van der Waals surface area contributed by atoms with Gasteiger partial charge in [-0.05, 0) is 51.7 Å². The maximum atomic E-state index is 4.49. The Balaban J connectivity index is 1.84. The average molecular weight is 486 g/mol. The Morgan fingerprint density at radius 2 is 1.06 bits per heavy atom. The molecule has 0 heterocycles. The molecule has 0 aliphatic heterocycles. The van der Waals surface area contributed by atoms with Gasteiger partial charge in [0.05, 0.1) is 5.54 Å². The van der Waals surface area contributed by atoms with E-state index < -0.39 is 8.80 Å². The third kappa shape index (κ3) is 6.09. The predicted molar refractivity (Wildman–Crippen MR) is 156 cm³/mol. The van der Waals surface area contributed by atoms with E-state index in [1.54, 1.807) is 10.4 Å². The first-order valence-corrected chi connectivity index (χ1v) is 16.0. The van der Waals surface area contributed by atoms with Gasteiger partial charge in [-0.3, -0.25) is 0 Å². The Labute approximate surface area is 216 Å². The fourth-order valence-corrected chi connectivity index (χ4v) is 11.1. The van der Waals surface area contributed by atoms with Gasteiger partial charge in [-0.15, -0.1) is 0 Å². The van der Waals surface area contributed by atoms with Crippen LogP contribution in [0.2, 0.25) is 0 Å². The van der Waals surface area contributed by atoms with Crippen LogP contribution in [0.1, 0.15) is 98.3 Å². The minimum absolute atomic E-state index is 0.0694. The lowest BCUT2D eigenvalue weighted by Gasteiger charge is -2.48. The number of hydrogen-bond donors (Lipinski definition) is 1. The molecule has 0 amide bonds. The van der Waals surface area contributed by atoms with E-state index >= 15 is 0 Å². The smallest absolute Gasteiger partial charge is 0.124 e. The molecule has 2 aliphatic carbocycles. The standard InChI is InChI=1S/C33H47NSi/c1-27-26-32(4,29(3)28(27)2)34-33(24-18-10-8-6-5-7-9-11-19-25-33)35(30-20-14-12-15-21-30)31-22-16-13-17-23-31/h12-17,20-23,26,34-35H,5-11,18-19,24-25H2,1-4H3. The molecule has 1 N–H and O–H groups in total. The molecule has 0 saturated heterocycles. The van der Waals surface area contributed by atoms with Crippen LogP contribution in [0, 0.1) is 0 Å². The molecule has 0 spiro atoms. The highest BCUT2D eigenvalue weighted by Crippen LogP contribution is 2.38. The molecule has 1 saturated carbocycles. The zero-order valence-electron chi connectivity index (χ0n) is 22.7. The summed E-state index contributed by atoms with van der Waals surface area (Å²) in [6.07, 6.45) is 17.5. The van der Waals surface area contributed by atoms with Crippen LogP contribution in [0.25, 0.3) is 0 Å². The van der Waals surface area contributed by atoms with E-state index in [1.807, 2.05) is 0 Å². The molecule has 0 aromatic heterocycles. The normalized spacial score (nSPS) is 24.1. The lowest BCUT2D eigenvalue weighted by atomic mass is 9.90. The maximum absolute atomic E-state index is 4.49. The first-order valence-electron chi connectivity index (χ1n) is 14.2. The van der Waals surface area contributed by atoms with Gasteiger partial charge >= 0.3 is 0 Å². The second kappa shape index (κ2) is 11.9. The van der Waals surface area contributed by atoms with Crippen molar-refractivity contribution in [2.45, 2.75) is 109 Å². The molecule has 1 atom stereocenters. The van der Waals surface area contributed by atoms with E-state index in [4.69, 9.17) is 0 Å². The summed E-state index contributed by atoms with van der Waals surface area (Å²) in [6.45, 7) is 9.41. The van der Waals surface area contributed by atoms with E-state index in [-0.39, 0.29) is 10.7 Å². The molecule has 2 aromatic carbocycles. The first kappa shape index (κ1) is 26.2. The van der Waals surface area contributed by atoms with Gasteiger partial charge in [-0.25, -0.2) is 0 Å². The summed E-state index contributed by atoms with van der Waals surface area (Å²) in [6, 6.07) is 23.1. The van der Waals surface area contributed by atoms with Crippen molar-refractivity contribution in [2.24, 2.45) is 0 Å². The number of allylic oxidation sites excluding steroid dienone is 2. The largest absolute Gasteiger partial charge is 0.301 e. The quantitative estimate of drug-likeness (QED) is 0.440. The molecule has 35 heavy (non-hydrogen) atoms. The molecule has 188 valence electrons. The number of benzene rings is 2. The molecule has 1 unspecified atom stereocenters. The number of hydrogen-bond acceptors (Lipinski definition) is 1. The molecule has 1 nitrogen and oxygen atoms in total. The Hall–Kier alpha value is -1.90. The first-order chi connectivity index (χ1) is 17.0.